The molecule has 0 heterocycles. The Morgan fingerprint density at radius 1 is 1.36 bits per heavy atom. The van der Waals surface area contributed by atoms with E-state index in [-0.39, 0.29) is 23.7 Å². The lowest BCUT2D eigenvalue weighted by molar-refractivity contribution is -0.385. The lowest BCUT2D eigenvalue weighted by Crippen LogP contribution is -2.34. The van der Waals surface area contributed by atoms with Gasteiger partial charge in [-0.2, -0.15) is 0 Å². The Morgan fingerprint density at radius 3 is 2.50 bits per heavy atom. The number of carbonyl (C=O) groups is 2. The van der Waals surface area contributed by atoms with Crippen molar-refractivity contribution in [3.8, 4) is 0 Å². The molecule has 1 amide bonds. The van der Waals surface area contributed by atoms with Crippen LogP contribution in [0.3, 0.4) is 0 Å². The fraction of sp³-hybridized carbons (Fsp3) is 0.467. The maximum Gasteiger partial charge on any atom is 0.308 e. The van der Waals surface area contributed by atoms with Crippen molar-refractivity contribution in [3.05, 3.63) is 39.4 Å². The van der Waals surface area contributed by atoms with Gasteiger partial charge in [0.15, 0.2) is 0 Å². The molecule has 120 valence electrons. The standard InChI is InChI=1S/C15H20N2O5/c1-9(2)7-11(15(19)20)8-16-14(18)12-6-4-5-10(3)13(12)17(21)22/h4-6,9,11H,7-8H2,1-3H3,(H,16,18)(H,19,20). The summed E-state index contributed by atoms with van der Waals surface area (Å²) in [5.74, 6) is -2.17. The van der Waals surface area contributed by atoms with E-state index in [1.807, 2.05) is 13.8 Å². The Hall–Kier alpha value is -2.44. The number of nitro benzene ring substituents is 1. The van der Waals surface area contributed by atoms with Crippen LogP contribution in [-0.4, -0.2) is 28.5 Å². The summed E-state index contributed by atoms with van der Waals surface area (Å²) < 4.78 is 0. The third-order valence-electron chi connectivity index (χ3n) is 3.28. The summed E-state index contributed by atoms with van der Waals surface area (Å²) in [5, 5.41) is 22.7. The number of amides is 1. The molecule has 0 saturated carbocycles. The van der Waals surface area contributed by atoms with Gasteiger partial charge in [0, 0.05) is 12.1 Å². The molecule has 1 aromatic carbocycles. The lowest BCUT2D eigenvalue weighted by Gasteiger charge is -2.15. The Morgan fingerprint density at radius 2 is 2.00 bits per heavy atom. The first-order chi connectivity index (χ1) is 10.2. The molecule has 0 aliphatic rings. The predicted molar refractivity (Wildman–Crippen MR) is 80.7 cm³/mol. The fourth-order valence-corrected chi connectivity index (χ4v) is 2.24. The highest BCUT2D eigenvalue weighted by molar-refractivity contribution is 5.98. The van der Waals surface area contributed by atoms with Gasteiger partial charge < -0.3 is 10.4 Å². The van der Waals surface area contributed by atoms with E-state index in [9.17, 15) is 19.7 Å². The molecule has 7 heteroatoms. The van der Waals surface area contributed by atoms with Crippen molar-refractivity contribution < 1.29 is 19.6 Å². The van der Waals surface area contributed by atoms with Crippen LogP contribution in [0.5, 0.6) is 0 Å². The number of para-hydroxylation sites is 1. The minimum Gasteiger partial charge on any atom is -0.481 e. The van der Waals surface area contributed by atoms with Crippen molar-refractivity contribution in [2.75, 3.05) is 6.54 Å². The Balaban J connectivity index is 2.88. The first kappa shape index (κ1) is 17.6. The van der Waals surface area contributed by atoms with Gasteiger partial charge in [0.1, 0.15) is 5.56 Å². The Kier molecular flexibility index (Phi) is 6.03. The summed E-state index contributed by atoms with van der Waals surface area (Å²) in [4.78, 5) is 33.7. The maximum atomic E-state index is 12.1. The molecule has 1 atom stereocenters. The molecule has 7 nitrogen and oxygen atoms in total. The number of benzene rings is 1. The molecule has 1 rings (SSSR count). The average molecular weight is 308 g/mol. The minimum absolute atomic E-state index is 0.0568. The largest absolute Gasteiger partial charge is 0.481 e. The molecule has 0 saturated heterocycles. The van der Waals surface area contributed by atoms with Gasteiger partial charge in [0.25, 0.3) is 11.6 Å². The van der Waals surface area contributed by atoms with E-state index < -0.39 is 22.7 Å². The number of carboxylic acid groups (broad SMARTS) is 1. The third kappa shape index (κ3) is 4.54. The summed E-state index contributed by atoms with van der Waals surface area (Å²) in [6.45, 7) is 5.28. The van der Waals surface area contributed by atoms with Gasteiger partial charge in [-0.15, -0.1) is 0 Å². The Bertz CT molecular complexity index is 583. The molecule has 0 fully saturated rings. The smallest absolute Gasteiger partial charge is 0.308 e. The topological polar surface area (TPSA) is 110 Å². The second-order valence-electron chi connectivity index (χ2n) is 5.60. The molecule has 0 aliphatic carbocycles. The molecule has 1 unspecified atom stereocenters. The summed E-state index contributed by atoms with van der Waals surface area (Å²) >= 11 is 0. The van der Waals surface area contributed by atoms with Crippen LogP contribution < -0.4 is 5.32 Å². The summed E-state index contributed by atoms with van der Waals surface area (Å²) in [7, 11) is 0. The molecule has 1 aromatic rings. The number of carboxylic acids is 1. The van der Waals surface area contributed by atoms with E-state index in [4.69, 9.17) is 5.11 Å². The van der Waals surface area contributed by atoms with Gasteiger partial charge in [0.2, 0.25) is 0 Å². The fourth-order valence-electron chi connectivity index (χ4n) is 2.24. The van der Waals surface area contributed by atoms with Crippen molar-refractivity contribution >= 4 is 17.6 Å². The van der Waals surface area contributed by atoms with Crippen molar-refractivity contribution in [2.24, 2.45) is 11.8 Å². The van der Waals surface area contributed by atoms with Crippen LogP contribution in [0.1, 0.15) is 36.2 Å². The van der Waals surface area contributed by atoms with Crippen LogP contribution in [0, 0.1) is 28.9 Å². The summed E-state index contributed by atoms with van der Waals surface area (Å²) in [5.41, 5.74) is 0.0732. The number of aliphatic carboxylic acids is 1. The minimum atomic E-state index is -0.993. The van der Waals surface area contributed by atoms with Crippen LogP contribution in [0.4, 0.5) is 5.69 Å². The second kappa shape index (κ2) is 7.53. The quantitative estimate of drug-likeness (QED) is 0.593. The molecule has 22 heavy (non-hydrogen) atoms. The van der Waals surface area contributed by atoms with Gasteiger partial charge in [-0.3, -0.25) is 19.7 Å². The number of aryl methyl sites for hydroxylation is 1. The molecule has 0 aliphatic heterocycles. The van der Waals surface area contributed by atoms with Crippen LogP contribution >= 0.6 is 0 Å². The monoisotopic (exact) mass is 308 g/mol. The van der Waals surface area contributed by atoms with E-state index in [0.29, 0.717) is 12.0 Å². The van der Waals surface area contributed by atoms with Gasteiger partial charge in [-0.1, -0.05) is 26.0 Å². The number of nitrogens with zero attached hydrogens (tertiary/aromatic N) is 1. The molecular formula is C15H20N2O5. The predicted octanol–water partition coefficient (Wildman–Crippen LogP) is 2.38. The normalized spacial score (nSPS) is 12.0. The number of rotatable bonds is 7. The van der Waals surface area contributed by atoms with Crippen LogP contribution in [-0.2, 0) is 4.79 Å². The zero-order valence-electron chi connectivity index (χ0n) is 12.8. The SMILES string of the molecule is Cc1cccc(C(=O)NCC(CC(C)C)C(=O)O)c1[N+](=O)[O-]. The molecule has 0 bridgehead atoms. The zero-order chi connectivity index (χ0) is 16.9. The van der Waals surface area contributed by atoms with Crippen LogP contribution in [0.25, 0.3) is 0 Å². The van der Waals surface area contributed by atoms with Crippen molar-refractivity contribution in [1.82, 2.24) is 5.32 Å². The number of hydrogen-bond acceptors (Lipinski definition) is 4. The van der Waals surface area contributed by atoms with Gasteiger partial charge >= 0.3 is 5.97 Å². The molecule has 0 radical (unpaired) electrons. The number of nitrogens with one attached hydrogen (secondary N) is 1. The number of hydrogen-bond donors (Lipinski definition) is 2. The molecule has 0 aromatic heterocycles. The highest BCUT2D eigenvalue weighted by atomic mass is 16.6. The second-order valence-corrected chi connectivity index (χ2v) is 5.60. The van der Waals surface area contributed by atoms with E-state index in [2.05, 4.69) is 5.32 Å². The van der Waals surface area contributed by atoms with E-state index in [1.54, 1.807) is 19.1 Å². The van der Waals surface area contributed by atoms with Crippen LogP contribution in [0.2, 0.25) is 0 Å². The van der Waals surface area contributed by atoms with Crippen molar-refractivity contribution in [2.45, 2.75) is 27.2 Å². The zero-order valence-corrected chi connectivity index (χ0v) is 12.8. The molecular weight excluding hydrogens is 288 g/mol. The van der Waals surface area contributed by atoms with Gasteiger partial charge in [-0.25, -0.2) is 0 Å². The molecule has 2 N–H and O–H groups in total. The summed E-state index contributed by atoms with van der Waals surface area (Å²) in [6.07, 6.45) is 0.422. The van der Waals surface area contributed by atoms with Gasteiger partial charge in [0.05, 0.1) is 10.8 Å². The first-order valence-corrected chi connectivity index (χ1v) is 6.99. The highest BCUT2D eigenvalue weighted by Gasteiger charge is 2.24. The van der Waals surface area contributed by atoms with E-state index >= 15 is 0 Å². The van der Waals surface area contributed by atoms with Crippen LogP contribution in [0.15, 0.2) is 18.2 Å². The first-order valence-electron chi connectivity index (χ1n) is 6.99. The third-order valence-corrected chi connectivity index (χ3v) is 3.28. The van der Waals surface area contributed by atoms with Gasteiger partial charge in [-0.05, 0) is 25.3 Å². The highest BCUT2D eigenvalue weighted by Crippen LogP contribution is 2.23. The molecule has 0 spiro atoms. The Labute approximate surface area is 128 Å². The van der Waals surface area contributed by atoms with E-state index in [0.717, 1.165) is 0 Å². The number of carbonyl (C=O) groups excluding carboxylic acids is 1. The van der Waals surface area contributed by atoms with Crippen molar-refractivity contribution in [1.29, 1.82) is 0 Å². The maximum absolute atomic E-state index is 12.1. The average Bonchev–Trinajstić information content (AvgIpc) is 2.41. The number of nitro groups is 1. The van der Waals surface area contributed by atoms with Crippen molar-refractivity contribution in [3.63, 3.8) is 0 Å². The van der Waals surface area contributed by atoms with E-state index in [1.165, 1.54) is 6.07 Å². The summed E-state index contributed by atoms with van der Waals surface area (Å²) in [6, 6.07) is 4.46. The lowest BCUT2D eigenvalue weighted by atomic mass is 9.97.